The molecular formula is C10H11I2NO. The summed E-state index contributed by atoms with van der Waals surface area (Å²) in [6.45, 7) is 1.06. The molecule has 1 aromatic rings. The molecule has 1 aromatic carbocycles. The molecule has 0 saturated heterocycles. The molecule has 0 aromatic heterocycles. The first kappa shape index (κ1) is 10.8. The van der Waals surface area contributed by atoms with Crippen molar-refractivity contribution in [2.24, 2.45) is 0 Å². The van der Waals surface area contributed by atoms with Crippen LogP contribution in [0.1, 0.15) is 11.5 Å². The molecule has 1 heterocycles. The normalized spacial score (nSPS) is 18.9. The topological polar surface area (TPSA) is 21.3 Å². The summed E-state index contributed by atoms with van der Waals surface area (Å²) in [6.07, 6.45) is 0. The molecule has 2 nitrogen and oxygen atoms in total. The number of nitrogens with one attached hydrogen (secondary N) is 1. The van der Waals surface area contributed by atoms with E-state index in [0.29, 0.717) is 5.92 Å². The molecule has 0 saturated carbocycles. The van der Waals surface area contributed by atoms with Gasteiger partial charge < -0.3 is 10.1 Å². The molecule has 0 amide bonds. The number of ether oxygens (including phenoxy) is 1. The summed E-state index contributed by atoms with van der Waals surface area (Å²) in [4.78, 5) is 0. The number of rotatable bonds is 2. The van der Waals surface area contributed by atoms with E-state index in [2.05, 4.69) is 62.6 Å². The SMILES string of the molecule is COc1cc(I)c2c(c1)NCC2CI. The van der Waals surface area contributed by atoms with Crippen molar-refractivity contribution in [1.82, 2.24) is 0 Å². The van der Waals surface area contributed by atoms with Gasteiger partial charge in [0.1, 0.15) is 5.75 Å². The molecule has 0 spiro atoms. The van der Waals surface area contributed by atoms with E-state index in [1.807, 2.05) is 0 Å². The van der Waals surface area contributed by atoms with E-state index in [4.69, 9.17) is 4.74 Å². The van der Waals surface area contributed by atoms with Crippen LogP contribution in [0, 0.1) is 3.57 Å². The minimum atomic E-state index is 0.656. The lowest BCUT2D eigenvalue weighted by atomic mass is 10.0. The molecule has 2 rings (SSSR count). The Morgan fingerprint density at radius 2 is 2.36 bits per heavy atom. The van der Waals surface area contributed by atoms with Gasteiger partial charge in [0, 0.05) is 32.2 Å². The Balaban J connectivity index is 2.46. The summed E-state index contributed by atoms with van der Waals surface area (Å²) in [5, 5.41) is 3.43. The number of methoxy groups -OCH3 is 1. The van der Waals surface area contributed by atoms with Crippen molar-refractivity contribution in [3.8, 4) is 5.75 Å². The van der Waals surface area contributed by atoms with Crippen molar-refractivity contribution in [2.75, 3.05) is 23.4 Å². The minimum absolute atomic E-state index is 0.656. The van der Waals surface area contributed by atoms with Gasteiger partial charge in [-0.05, 0) is 34.2 Å². The molecule has 76 valence electrons. The fourth-order valence-corrected chi connectivity index (χ4v) is 3.53. The van der Waals surface area contributed by atoms with Crippen LogP contribution < -0.4 is 10.1 Å². The molecule has 0 bridgehead atoms. The van der Waals surface area contributed by atoms with E-state index in [-0.39, 0.29) is 0 Å². The van der Waals surface area contributed by atoms with Crippen molar-refractivity contribution in [2.45, 2.75) is 5.92 Å². The zero-order valence-corrected chi connectivity index (χ0v) is 12.1. The number of anilines is 1. The summed E-state index contributed by atoms with van der Waals surface area (Å²) in [6, 6.07) is 4.19. The number of benzene rings is 1. The number of fused-ring (bicyclic) bond motifs is 1. The third kappa shape index (κ3) is 1.82. The second-order valence-electron chi connectivity index (χ2n) is 3.30. The Morgan fingerprint density at radius 3 is 3.00 bits per heavy atom. The Kier molecular flexibility index (Phi) is 3.41. The zero-order chi connectivity index (χ0) is 10.1. The predicted octanol–water partition coefficient (Wildman–Crippen LogP) is 3.24. The molecule has 0 fully saturated rings. The van der Waals surface area contributed by atoms with E-state index in [0.717, 1.165) is 12.3 Å². The van der Waals surface area contributed by atoms with Gasteiger partial charge in [0.25, 0.3) is 0 Å². The zero-order valence-electron chi connectivity index (χ0n) is 7.81. The molecule has 14 heavy (non-hydrogen) atoms. The Labute approximate surface area is 111 Å². The number of alkyl halides is 1. The maximum absolute atomic E-state index is 5.24. The van der Waals surface area contributed by atoms with Gasteiger partial charge in [0.15, 0.2) is 0 Å². The first-order valence-corrected chi connectivity index (χ1v) is 7.04. The van der Waals surface area contributed by atoms with Gasteiger partial charge in [-0.2, -0.15) is 0 Å². The maximum atomic E-state index is 5.24. The van der Waals surface area contributed by atoms with Crippen LogP contribution in [0.4, 0.5) is 5.69 Å². The van der Waals surface area contributed by atoms with Gasteiger partial charge >= 0.3 is 0 Å². The Bertz CT molecular complexity index is 354. The third-order valence-electron chi connectivity index (χ3n) is 2.47. The van der Waals surface area contributed by atoms with Gasteiger partial charge in [-0.25, -0.2) is 0 Å². The van der Waals surface area contributed by atoms with Crippen LogP contribution in [0.25, 0.3) is 0 Å². The lowest BCUT2D eigenvalue weighted by molar-refractivity contribution is 0.414. The van der Waals surface area contributed by atoms with E-state index in [9.17, 15) is 0 Å². The highest BCUT2D eigenvalue weighted by molar-refractivity contribution is 14.1. The molecule has 1 aliphatic rings. The van der Waals surface area contributed by atoms with Crippen LogP contribution in [-0.2, 0) is 0 Å². The highest BCUT2D eigenvalue weighted by Crippen LogP contribution is 2.38. The summed E-state index contributed by atoms with van der Waals surface area (Å²) in [7, 11) is 1.71. The van der Waals surface area contributed by atoms with Crippen molar-refractivity contribution in [1.29, 1.82) is 0 Å². The van der Waals surface area contributed by atoms with Crippen molar-refractivity contribution < 1.29 is 4.74 Å². The summed E-state index contributed by atoms with van der Waals surface area (Å²) < 4.78 is 7.72. The molecule has 1 N–H and O–H groups in total. The fraction of sp³-hybridized carbons (Fsp3) is 0.400. The van der Waals surface area contributed by atoms with Crippen LogP contribution in [0.5, 0.6) is 5.75 Å². The molecule has 4 heteroatoms. The monoisotopic (exact) mass is 415 g/mol. The van der Waals surface area contributed by atoms with E-state index in [1.54, 1.807) is 7.11 Å². The van der Waals surface area contributed by atoms with Crippen molar-refractivity contribution in [3.05, 3.63) is 21.3 Å². The Hall–Kier alpha value is 0.280. The maximum Gasteiger partial charge on any atom is 0.121 e. The summed E-state index contributed by atoms with van der Waals surface area (Å²) in [5.41, 5.74) is 2.70. The highest BCUT2D eigenvalue weighted by atomic mass is 127. The van der Waals surface area contributed by atoms with Gasteiger partial charge in [-0.1, -0.05) is 22.6 Å². The smallest absolute Gasteiger partial charge is 0.121 e. The average molecular weight is 415 g/mol. The second kappa shape index (κ2) is 4.42. The van der Waals surface area contributed by atoms with Crippen molar-refractivity contribution >= 4 is 50.9 Å². The molecule has 1 unspecified atom stereocenters. The van der Waals surface area contributed by atoms with Crippen LogP contribution in [-0.4, -0.2) is 18.1 Å². The molecule has 0 aliphatic carbocycles. The van der Waals surface area contributed by atoms with E-state index < -0.39 is 0 Å². The largest absolute Gasteiger partial charge is 0.497 e. The quantitative estimate of drug-likeness (QED) is 0.592. The molecular weight excluding hydrogens is 404 g/mol. The third-order valence-corrected chi connectivity index (χ3v) is 4.43. The lowest BCUT2D eigenvalue weighted by Crippen LogP contribution is -2.03. The molecule has 1 aliphatic heterocycles. The second-order valence-corrected chi connectivity index (χ2v) is 5.35. The predicted molar refractivity (Wildman–Crippen MR) is 75.8 cm³/mol. The first-order chi connectivity index (χ1) is 6.76. The summed E-state index contributed by atoms with van der Waals surface area (Å²) >= 11 is 4.84. The van der Waals surface area contributed by atoms with E-state index >= 15 is 0 Å². The standard InChI is InChI=1S/C10H11I2NO/c1-14-7-2-8(12)10-6(4-11)5-13-9(10)3-7/h2-3,6,13H,4-5H2,1H3. The lowest BCUT2D eigenvalue weighted by Gasteiger charge is -2.09. The Morgan fingerprint density at radius 1 is 1.57 bits per heavy atom. The van der Waals surface area contributed by atoms with E-state index in [1.165, 1.54) is 19.2 Å². The number of hydrogen-bond acceptors (Lipinski definition) is 2. The van der Waals surface area contributed by atoms with Gasteiger partial charge in [-0.3, -0.25) is 0 Å². The van der Waals surface area contributed by atoms with Gasteiger partial charge in [-0.15, -0.1) is 0 Å². The molecule has 0 radical (unpaired) electrons. The molecule has 1 atom stereocenters. The average Bonchev–Trinajstić information content (AvgIpc) is 2.61. The first-order valence-electron chi connectivity index (χ1n) is 4.43. The van der Waals surface area contributed by atoms with Gasteiger partial charge in [0.05, 0.1) is 7.11 Å². The van der Waals surface area contributed by atoms with Crippen molar-refractivity contribution in [3.63, 3.8) is 0 Å². The van der Waals surface area contributed by atoms with Crippen LogP contribution in [0.3, 0.4) is 0 Å². The summed E-state index contributed by atoms with van der Waals surface area (Å²) in [5.74, 6) is 1.60. The highest BCUT2D eigenvalue weighted by Gasteiger charge is 2.24. The minimum Gasteiger partial charge on any atom is -0.497 e. The number of hydrogen-bond donors (Lipinski definition) is 1. The fourth-order valence-electron chi connectivity index (χ4n) is 1.74. The van der Waals surface area contributed by atoms with Crippen LogP contribution >= 0.6 is 45.2 Å². The van der Waals surface area contributed by atoms with Crippen LogP contribution in [0.2, 0.25) is 0 Å². The van der Waals surface area contributed by atoms with Gasteiger partial charge in [0.2, 0.25) is 0 Å². The number of halogens is 2. The van der Waals surface area contributed by atoms with Crippen LogP contribution in [0.15, 0.2) is 12.1 Å².